The fraction of sp³-hybridized carbons (Fsp3) is 0.125. The van der Waals surface area contributed by atoms with Crippen LogP contribution in [0.4, 0.5) is 0 Å². The zero-order valence-corrected chi connectivity index (χ0v) is 7.52. The summed E-state index contributed by atoms with van der Waals surface area (Å²) in [5, 5.41) is 18.2. The Labute approximate surface area is 80.0 Å². The van der Waals surface area contributed by atoms with Gasteiger partial charge in [0.15, 0.2) is 0 Å². The van der Waals surface area contributed by atoms with Gasteiger partial charge in [-0.05, 0) is 12.1 Å². The summed E-state index contributed by atoms with van der Waals surface area (Å²) in [6.07, 6.45) is 0.0607. The van der Waals surface area contributed by atoms with Crippen LogP contribution in [-0.2, 0) is 6.42 Å². The van der Waals surface area contributed by atoms with E-state index in [4.69, 9.17) is 28.5 Å². The van der Waals surface area contributed by atoms with Gasteiger partial charge in [-0.1, -0.05) is 23.2 Å². The van der Waals surface area contributed by atoms with Crippen LogP contribution < -0.4 is 0 Å². The summed E-state index contributed by atoms with van der Waals surface area (Å²) >= 11 is 11.4. The molecular weight excluding hydrogens is 197 g/mol. The summed E-state index contributed by atoms with van der Waals surface area (Å²) in [5.74, 6) is 0.00551. The first-order valence-electron chi connectivity index (χ1n) is 3.19. The molecule has 62 valence electrons. The van der Waals surface area contributed by atoms with E-state index in [2.05, 4.69) is 0 Å². The summed E-state index contributed by atoms with van der Waals surface area (Å²) < 4.78 is 0. The number of benzene rings is 1. The SMILES string of the molecule is N#CCc1c(O)ccc(Cl)c1Cl. The van der Waals surface area contributed by atoms with Crippen LogP contribution in [0.1, 0.15) is 5.56 Å². The fourth-order valence-electron chi connectivity index (χ4n) is 0.830. The maximum absolute atomic E-state index is 9.25. The molecule has 0 amide bonds. The average Bonchev–Trinajstić information content (AvgIpc) is 2.06. The second-order valence-corrected chi connectivity index (χ2v) is 2.98. The molecule has 4 heteroatoms. The molecule has 1 N–H and O–H groups in total. The van der Waals surface area contributed by atoms with E-state index in [9.17, 15) is 5.11 Å². The molecule has 0 spiro atoms. The van der Waals surface area contributed by atoms with Crippen LogP contribution in [0.5, 0.6) is 5.75 Å². The number of rotatable bonds is 1. The molecule has 1 aromatic carbocycles. The third-order valence-electron chi connectivity index (χ3n) is 1.43. The van der Waals surface area contributed by atoms with E-state index in [0.29, 0.717) is 10.6 Å². The zero-order valence-electron chi connectivity index (χ0n) is 6.01. The molecule has 0 fully saturated rings. The lowest BCUT2D eigenvalue weighted by Gasteiger charge is -2.03. The minimum atomic E-state index is 0.00551. The molecule has 0 aliphatic rings. The summed E-state index contributed by atoms with van der Waals surface area (Å²) in [5.41, 5.74) is 0.381. The quantitative estimate of drug-likeness (QED) is 0.760. The van der Waals surface area contributed by atoms with Crippen molar-refractivity contribution in [3.8, 4) is 11.8 Å². The van der Waals surface area contributed by atoms with Crippen molar-refractivity contribution < 1.29 is 5.11 Å². The Morgan fingerprint density at radius 1 is 1.42 bits per heavy atom. The Bertz CT molecular complexity index is 344. The zero-order chi connectivity index (χ0) is 9.14. The molecule has 1 rings (SSSR count). The number of hydrogen-bond acceptors (Lipinski definition) is 2. The Kier molecular flexibility index (Phi) is 2.80. The molecule has 12 heavy (non-hydrogen) atoms. The van der Waals surface area contributed by atoms with Gasteiger partial charge in [-0.15, -0.1) is 0 Å². The molecular formula is C8H5Cl2NO. The number of phenolic OH excluding ortho intramolecular Hbond substituents is 1. The number of halogens is 2. The normalized spacial score (nSPS) is 9.42. The molecule has 2 nitrogen and oxygen atoms in total. The van der Waals surface area contributed by atoms with Gasteiger partial charge < -0.3 is 5.11 Å². The monoisotopic (exact) mass is 201 g/mol. The van der Waals surface area contributed by atoms with Gasteiger partial charge in [0.05, 0.1) is 22.5 Å². The topological polar surface area (TPSA) is 44.0 Å². The molecule has 0 aliphatic carbocycles. The summed E-state index contributed by atoms with van der Waals surface area (Å²) in [6.45, 7) is 0. The summed E-state index contributed by atoms with van der Waals surface area (Å²) in [6, 6.07) is 4.79. The Morgan fingerprint density at radius 3 is 2.67 bits per heavy atom. The van der Waals surface area contributed by atoms with Crippen molar-refractivity contribution in [2.24, 2.45) is 0 Å². The molecule has 0 heterocycles. The molecule has 0 aromatic heterocycles. The predicted octanol–water partition coefficient (Wildman–Crippen LogP) is 2.77. The predicted molar refractivity (Wildman–Crippen MR) is 47.4 cm³/mol. The average molecular weight is 202 g/mol. The molecule has 0 unspecified atom stereocenters. The van der Waals surface area contributed by atoms with Crippen molar-refractivity contribution in [1.29, 1.82) is 5.26 Å². The standard InChI is InChI=1S/C8H5Cl2NO/c9-6-1-2-7(12)5(3-4-11)8(6)10/h1-2,12H,3H2. The Hall–Kier alpha value is -0.910. The van der Waals surface area contributed by atoms with Crippen LogP contribution in [0, 0.1) is 11.3 Å². The number of aromatic hydroxyl groups is 1. The molecule has 0 aliphatic heterocycles. The van der Waals surface area contributed by atoms with Crippen molar-refractivity contribution in [2.45, 2.75) is 6.42 Å². The van der Waals surface area contributed by atoms with E-state index in [-0.39, 0.29) is 17.2 Å². The fourth-order valence-corrected chi connectivity index (χ4v) is 1.23. The number of hydrogen-bond donors (Lipinski definition) is 1. The smallest absolute Gasteiger partial charge is 0.121 e. The van der Waals surface area contributed by atoms with E-state index < -0.39 is 0 Å². The van der Waals surface area contributed by atoms with Gasteiger partial charge in [0.2, 0.25) is 0 Å². The highest BCUT2D eigenvalue weighted by Gasteiger charge is 2.08. The van der Waals surface area contributed by atoms with Crippen molar-refractivity contribution in [3.63, 3.8) is 0 Å². The first-order valence-corrected chi connectivity index (χ1v) is 3.95. The minimum Gasteiger partial charge on any atom is -0.508 e. The lowest BCUT2D eigenvalue weighted by Crippen LogP contribution is -1.85. The van der Waals surface area contributed by atoms with Crippen molar-refractivity contribution in [2.75, 3.05) is 0 Å². The molecule has 1 aromatic rings. The van der Waals surface area contributed by atoms with E-state index in [1.807, 2.05) is 6.07 Å². The van der Waals surface area contributed by atoms with Crippen molar-refractivity contribution >= 4 is 23.2 Å². The van der Waals surface area contributed by atoms with Crippen LogP contribution in [-0.4, -0.2) is 5.11 Å². The number of phenols is 1. The summed E-state index contributed by atoms with van der Waals surface area (Å²) in [7, 11) is 0. The third kappa shape index (κ3) is 1.63. The molecule has 0 saturated heterocycles. The van der Waals surface area contributed by atoms with E-state index >= 15 is 0 Å². The van der Waals surface area contributed by atoms with Crippen LogP contribution >= 0.6 is 23.2 Å². The highest BCUT2D eigenvalue weighted by Crippen LogP contribution is 2.32. The maximum Gasteiger partial charge on any atom is 0.121 e. The summed E-state index contributed by atoms with van der Waals surface area (Å²) in [4.78, 5) is 0. The van der Waals surface area contributed by atoms with Gasteiger partial charge in [-0.25, -0.2) is 0 Å². The minimum absolute atomic E-state index is 0.00551. The van der Waals surface area contributed by atoms with Crippen LogP contribution in [0.3, 0.4) is 0 Å². The lowest BCUT2D eigenvalue weighted by atomic mass is 10.1. The largest absolute Gasteiger partial charge is 0.508 e. The van der Waals surface area contributed by atoms with E-state index in [0.717, 1.165) is 0 Å². The van der Waals surface area contributed by atoms with Gasteiger partial charge >= 0.3 is 0 Å². The molecule has 0 saturated carbocycles. The molecule has 0 bridgehead atoms. The van der Waals surface area contributed by atoms with Gasteiger partial charge in [-0.3, -0.25) is 0 Å². The second-order valence-electron chi connectivity index (χ2n) is 2.19. The van der Waals surface area contributed by atoms with E-state index in [1.54, 1.807) is 0 Å². The Morgan fingerprint density at radius 2 is 2.08 bits per heavy atom. The molecule has 0 radical (unpaired) electrons. The van der Waals surface area contributed by atoms with Gasteiger partial charge in [0.1, 0.15) is 5.75 Å². The van der Waals surface area contributed by atoms with Crippen LogP contribution in [0.25, 0.3) is 0 Å². The first kappa shape index (κ1) is 9.18. The van der Waals surface area contributed by atoms with E-state index in [1.165, 1.54) is 12.1 Å². The van der Waals surface area contributed by atoms with Gasteiger partial charge in [-0.2, -0.15) is 5.26 Å². The van der Waals surface area contributed by atoms with Crippen LogP contribution in [0.2, 0.25) is 10.0 Å². The van der Waals surface area contributed by atoms with Crippen molar-refractivity contribution in [3.05, 3.63) is 27.7 Å². The molecule has 0 atom stereocenters. The highest BCUT2D eigenvalue weighted by molar-refractivity contribution is 6.42. The van der Waals surface area contributed by atoms with Gasteiger partial charge in [0.25, 0.3) is 0 Å². The third-order valence-corrected chi connectivity index (χ3v) is 2.27. The number of nitrogens with zero attached hydrogens (tertiary/aromatic N) is 1. The Balaban J connectivity index is 3.25. The van der Waals surface area contributed by atoms with Crippen LogP contribution in [0.15, 0.2) is 12.1 Å². The van der Waals surface area contributed by atoms with Gasteiger partial charge in [0, 0.05) is 5.56 Å². The number of nitriles is 1. The maximum atomic E-state index is 9.25. The van der Waals surface area contributed by atoms with Crippen molar-refractivity contribution in [1.82, 2.24) is 0 Å². The highest BCUT2D eigenvalue weighted by atomic mass is 35.5. The first-order chi connectivity index (χ1) is 5.66. The second kappa shape index (κ2) is 3.66. The lowest BCUT2D eigenvalue weighted by molar-refractivity contribution is 0.470.